The Bertz CT molecular complexity index is 925. The van der Waals surface area contributed by atoms with Crippen molar-refractivity contribution in [1.82, 2.24) is 14.9 Å². The van der Waals surface area contributed by atoms with Gasteiger partial charge in [0.15, 0.2) is 23.1 Å². The Hall–Kier alpha value is -2.86. The third kappa shape index (κ3) is 4.02. The van der Waals surface area contributed by atoms with Crippen molar-refractivity contribution in [1.29, 1.82) is 0 Å². The molecule has 3 aromatic rings. The lowest BCUT2D eigenvalue weighted by atomic mass is 10.1. The zero-order chi connectivity index (χ0) is 19.3. The van der Waals surface area contributed by atoms with Crippen LogP contribution in [0.15, 0.2) is 47.2 Å². The molecule has 3 heterocycles. The lowest BCUT2D eigenvalue weighted by Crippen LogP contribution is -2.31. The number of aromatic nitrogens is 2. The van der Waals surface area contributed by atoms with Gasteiger partial charge >= 0.3 is 0 Å². The van der Waals surface area contributed by atoms with Gasteiger partial charge in [0.2, 0.25) is 0 Å². The highest BCUT2D eigenvalue weighted by Gasteiger charge is 2.20. The predicted molar refractivity (Wildman–Crippen MR) is 106 cm³/mol. The molecule has 1 aromatic carbocycles. The van der Waals surface area contributed by atoms with Crippen molar-refractivity contribution in [3.8, 4) is 23.1 Å². The fourth-order valence-electron chi connectivity index (χ4n) is 3.49. The topological polar surface area (TPSA) is 60.6 Å². The van der Waals surface area contributed by atoms with Crippen molar-refractivity contribution >= 4 is 0 Å². The molecule has 0 bridgehead atoms. The van der Waals surface area contributed by atoms with E-state index >= 15 is 0 Å². The van der Waals surface area contributed by atoms with Crippen LogP contribution in [-0.4, -0.2) is 34.6 Å². The molecule has 0 atom stereocenters. The third-order valence-electron chi connectivity index (χ3n) is 4.77. The smallest absolute Gasteiger partial charge is 0.195 e. The average Bonchev–Trinajstić information content (AvgIpc) is 3.25. The van der Waals surface area contributed by atoms with E-state index in [1.807, 2.05) is 38.2 Å². The van der Waals surface area contributed by atoms with Gasteiger partial charge in [0.05, 0.1) is 25.2 Å². The first-order valence-electron chi connectivity index (χ1n) is 9.76. The Labute approximate surface area is 165 Å². The molecule has 0 saturated carbocycles. The number of hydrogen-bond acceptors (Lipinski definition) is 6. The number of nitrogens with zero attached hydrogens (tertiary/aromatic N) is 3. The first kappa shape index (κ1) is 18.5. The van der Waals surface area contributed by atoms with E-state index in [9.17, 15) is 0 Å². The fraction of sp³-hybridized carbons (Fsp3) is 0.364. The van der Waals surface area contributed by atoms with Crippen molar-refractivity contribution in [2.75, 3.05) is 19.8 Å². The summed E-state index contributed by atoms with van der Waals surface area (Å²) in [6, 6.07) is 9.94. The van der Waals surface area contributed by atoms with Crippen molar-refractivity contribution in [2.45, 2.75) is 33.4 Å². The summed E-state index contributed by atoms with van der Waals surface area (Å²) in [5.41, 5.74) is 3.50. The predicted octanol–water partition coefficient (Wildman–Crippen LogP) is 4.09. The Morgan fingerprint density at radius 2 is 1.96 bits per heavy atom. The number of fused-ring (bicyclic) bond motifs is 1. The van der Waals surface area contributed by atoms with Gasteiger partial charge in [-0.25, -0.2) is 9.97 Å². The van der Waals surface area contributed by atoms with Crippen LogP contribution in [0.2, 0.25) is 0 Å². The van der Waals surface area contributed by atoms with E-state index in [-0.39, 0.29) is 0 Å². The summed E-state index contributed by atoms with van der Waals surface area (Å²) >= 11 is 0. The van der Waals surface area contributed by atoms with Gasteiger partial charge in [-0.2, -0.15) is 0 Å². The highest BCUT2D eigenvalue weighted by Crippen LogP contribution is 2.30. The largest absolute Gasteiger partial charge is 0.490 e. The molecule has 0 saturated heterocycles. The van der Waals surface area contributed by atoms with Gasteiger partial charge in [-0.15, -0.1) is 0 Å². The molecular formula is C22H25N3O3. The van der Waals surface area contributed by atoms with Crippen molar-refractivity contribution in [2.24, 2.45) is 0 Å². The Morgan fingerprint density at radius 1 is 1.11 bits per heavy atom. The van der Waals surface area contributed by atoms with E-state index in [0.29, 0.717) is 24.8 Å². The molecule has 6 heteroatoms. The van der Waals surface area contributed by atoms with Crippen molar-refractivity contribution < 1.29 is 13.9 Å². The maximum absolute atomic E-state index is 5.75. The molecular weight excluding hydrogens is 354 g/mol. The van der Waals surface area contributed by atoms with Crippen LogP contribution in [0.4, 0.5) is 0 Å². The summed E-state index contributed by atoms with van der Waals surface area (Å²) < 4.78 is 16.8. The number of hydrogen-bond donors (Lipinski definition) is 0. The second kappa shape index (κ2) is 8.44. The van der Waals surface area contributed by atoms with Crippen LogP contribution in [0.3, 0.4) is 0 Å². The molecule has 0 N–H and O–H groups in total. The summed E-state index contributed by atoms with van der Waals surface area (Å²) in [5.74, 6) is 2.98. The van der Waals surface area contributed by atoms with E-state index in [1.54, 1.807) is 6.26 Å². The quantitative estimate of drug-likeness (QED) is 0.616. The van der Waals surface area contributed by atoms with E-state index in [1.165, 1.54) is 11.1 Å². The van der Waals surface area contributed by atoms with Crippen LogP contribution >= 0.6 is 0 Å². The minimum Gasteiger partial charge on any atom is -0.490 e. The van der Waals surface area contributed by atoms with Crippen LogP contribution in [0.25, 0.3) is 11.6 Å². The number of rotatable bonds is 7. The van der Waals surface area contributed by atoms with Crippen LogP contribution in [0, 0.1) is 0 Å². The highest BCUT2D eigenvalue weighted by molar-refractivity contribution is 5.47. The second-order valence-electron chi connectivity index (χ2n) is 6.75. The molecule has 0 radical (unpaired) electrons. The van der Waals surface area contributed by atoms with Gasteiger partial charge in [0.1, 0.15) is 0 Å². The molecule has 0 spiro atoms. The van der Waals surface area contributed by atoms with E-state index < -0.39 is 0 Å². The summed E-state index contributed by atoms with van der Waals surface area (Å²) in [6.07, 6.45) is 4.48. The summed E-state index contributed by atoms with van der Waals surface area (Å²) in [4.78, 5) is 11.6. The van der Waals surface area contributed by atoms with Gasteiger partial charge in [-0.1, -0.05) is 6.07 Å². The maximum Gasteiger partial charge on any atom is 0.195 e. The zero-order valence-corrected chi connectivity index (χ0v) is 16.4. The monoisotopic (exact) mass is 379 g/mol. The zero-order valence-electron chi connectivity index (χ0n) is 16.4. The van der Waals surface area contributed by atoms with Gasteiger partial charge in [0.25, 0.3) is 0 Å². The van der Waals surface area contributed by atoms with Crippen molar-refractivity contribution in [3.05, 3.63) is 59.6 Å². The molecule has 0 unspecified atom stereocenters. The van der Waals surface area contributed by atoms with E-state index in [2.05, 4.69) is 22.0 Å². The summed E-state index contributed by atoms with van der Waals surface area (Å²) in [6.45, 7) is 7.86. The van der Waals surface area contributed by atoms with E-state index in [4.69, 9.17) is 18.9 Å². The molecule has 4 rings (SSSR count). The standard InChI is InChI=1S/C22H25N3O3/c1-3-26-19-8-7-16(12-21(19)27-4-2)14-25-10-9-18-17(15-25)13-23-22(24-18)20-6-5-11-28-20/h5-8,11-13H,3-4,9-10,14-15H2,1-2H3. The van der Waals surface area contributed by atoms with Gasteiger partial charge in [-0.3, -0.25) is 4.90 Å². The first-order chi connectivity index (χ1) is 13.8. The Kier molecular flexibility index (Phi) is 5.58. The maximum atomic E-state index is 5.75. The third-order valence-corrected chi connectivity index (χ3v) is 4.77. The van der Waals surface area contributed by atoms with Gasteiger partial charge in [0, 0.05) is 37.8 Å². The number of benzene rings is 1. The molecule has 1 aliphatic heterocycles. The minimum absolute atomic E-state index is 0.621. The second-order valence-corrected chi connectivity index (χ2v) is 6.75. The Morgan fingerprint density at radius 3 is 2.75 bits per heavy atom. The van der Waals surface area contributed by atoms with Crippen LogP contribution in [0.5, 0.6) is 11.5 Å². The number of furan rings is 1. The molecule has 6 nitrogen and oxygen atoms in total. The SMILES string of the molecule is CCOc1ccc(CN2CCc3nc(-c4ccco4)ncc3C2)cc1OCC. The highest BCUT2D eigenvalue weighted by atomic mass is 16.5. The molecule has 0 fully saturated rings. The molecule has 146 valence electrons. The van der Waals surface area contributed by atoms with Crippen LogP contribution in [-0.2, 0) is 19.5 Å². The van der Waals surface area contributed by atoms with Gasteiger partial charge in [-0.05, 0) is 43.7 Å². The summed E-state index contributed by atoms with van der Waals surface area (Å²) in [5, 5.41) is 0. The minimum atomic E-state index is 0.621. The lowest BCUT2D eigenvalue weighted by Gasteiger charge is -2.28. The number of ether oxygens (including phenoxy) is 2. The van der Waals surface area contributed by atoms with Gasteiger partial charge < -0.3 is 13.9 Å². The molecule has 2 aromatic heterocycles. The van der Waals surface area contributed by atoms with Crippen molar-refractivity contribution in [3.63, 3.8) is 0 Å². The fourth-order valence-corrected chi connectivity index (χ4v) is 3.49. The normalized spacial score (nSPS) is 13.9. The Balaban J connectivity index is 1.47. The molecule has 0 aliphatic carbocycles. The molecule has 1 aliphatic rings. The van der Waals surface area contributed by atoms with E-state index in [0.717, 1.165) is 43.2 Å². The van der Waals surface area contributed by atoms with Crippen LogP contribution < -0.4 is 9.47 Å². The lowest BCUT2D eigenvalue weighted by molar-refractivity contribution is 0.241. The molecule has 28 heavy (non-hydrogen) atoms. The average molecular weight is 379 g/mol. The summed E-state index contributed by atoms with van der Waals surface area (Å²) in [7, 11) is 0. The van der Waals surface area contributed by atoms with Crippen LogP contribution in [0.1, 0.15) is 30.7 Å². The molecule has 0 amide bonds. The first-order valence-corrected chi connectivity index (χ1v) is 9.76.